The van der Waals surface area contributed by atoms with Crippen LogP contribution in [0.2, 0.25) is 0 Å². The van der Waals surface area contributed by atoms with Gasteiger partial charge in [-0.2, -0.15) is 0 Å². The molecule has 0 aromatic heterocycles. The van der Waals surface area contributed by atoms with Crippen molar-refractivity contribution in [2.24, 2.45) is 9.98 Å². The normalized spacial score (nSPS) is 11.1. The third kappa shape index (κ3) is 15.8. The van der Waals surface area contributed by atoms with Gasteiger partial charge in [0.05, 0.1) is 35.7 Å². The molecule has 0 spiro atoms. The zero-order chi connectivity index (χ0) is 43.9. The van der Waals surface area contributed by atoms with Crippen molar-refractivity contribution in [2.45, 2.75) is 78.1 Å². The van der Waals surface area contributed by atoms with Crippen molar-refractivity contribution in [3.8, 4) is 23.0 Å². The highest BCUT2D eigenvalue weighted by Crippen LogP contribution is 2.24. The Morgan fingerprint density at radius 1 is 0.429 bits per heavy atom. The molecule has 0 aliphatic heterocycles. The number of hydrogen-bond donors (Lipinski definition) is 1. The Kier molecular flexibility index (Phi) is 18.1. The van der Waals surface area contributed by atoms with E-state index in [9.17, 15) is 9.59 Å². The van der Waals surface area contributed by atoms with Gasteiger partial charge in [-0.05, 0) is 170 Å². The number of rotatable bonds is 24. The lowest BCUT2D eigenvalue weighted by Crippen LogP contribution is -2.08. The molecule has 0 aliphatic carbocycles. The maximum atomic E-state index is 12.7. The molecule has 0 amide bonds. The zero-order valence-electron chi connectivity index (χ0n) is 36.3. The van der Waals surface area contributed by atoms with Crippen LogP contribution in [0, 0.1) is 0 Å². The molecule has 63 heavy (non-hydrogen) atoms. The van der Waals surface area contributed by atoms with Crippen LogP contribution in [-0.4, -0.2) is 37.6 Å². The summed E-state index contributed by atoms with van der Waals surface area (Å²) in [6.07, 6.45) is 15.4. The fourth-order valence-corrected chi connectivity index (χ4v) is 6.47. The Morgan fingerprint density at radius 3 is 1.14 bits per heavy atom. The highest BCUT2D eigenvalue weighted by atomic mass is 16.5. The van der Waals surface area contributed by atoms with E-state index in [-0.39, 0.29) is 0 Å². The standard InChI is InChI=1S/C54H57N3O6/c1-3-5-7-9-11-37-60-49-33-17-43(18-34-49)53(58)62-51-29-13-41(14-30-51)39-55-45-21-25-47(26-22-45)57-48-27-23-46(24-28-48)56-40-42-15-31-52(32-16-42)63-54(59)44-19-35-50(36-20-44)61-38-12-10-8-6-4-2/h13-36,39-40,57H,3-12,37-38H2,1-2H3. The van der Waals surface area contributed by atoms with Crippen LogP contribution in [0.5, 0.6) is 23.0 Å². The number of nitrogens with one attached hydrogen (secondary N) is 1. The van der Waals surface area contributed by atoms with Crippen LogP contribution in [0.25, 0.3) is 0 Å². The van der Waals surface area contributed by atoms with Crippen LogP contribution < -0.4 is 24.3 Å². The van der Waals surface area contributed by atoms with E-state index in [1.165, 1.54) is 51.4 Å². The molecule has 0 heterocycles. The summed E-state index contributed by atoms with van der Waals surface area (Å²) in [6, 6.07) is 44.2. The van der Waals surface area contributed by atoms with E-state index in [0.717, 1.165) is 58.2 Å². The number of nitrogens with zero attached hydrogens (tertiary/aromatic N) is 2. The van der Waals surface area contributed by atoms with Crippen molar-refractivity contribution in [1.82, 2.24) is 0 Å². The number of ether oxygens (including phenoxy) is 4. The van der Waals surface area contributed by atoms with Crippen LogP contribution in [0.4, 0.5) is 22.7 Å². The molecule has 6 aromatic carbocycles. The molecule has 0 atom stereocenters. The summed E-state index contributed by atoms with van der Waals surface area (Å²) in [7, 11) is 0. The van der Waals surface area contributed by atoms with Crippen molar-refractivity contribution < 1.29 is 28.5 Å². The molecule has 6 aromatic rings. The fraction of sp³-hybridized carbons (Fsp3) is 0.259. The van der Waals surface area contributed by atoms with Gasteiger partial charge in [0.1, 0.15) is 23.0 Å². The molecular formula is C54H57N3O6. The van der Waals surface area contributed by atoms with E-state index in [1.54, 1.807) is 85.2 Å². The smallest absolute Gasteiger partial charge is 0.343 e. The van der Waals surface area contributed by atoms with Gasteiger partial charge in [0.2, 0.25) is 0 Å². The molecule has 324 valence electrons. The third-order valence-corrected chi connectivity index (χ3v) is 10.1. The molecule has 1 N–H and O–H groups in total. The van der Waals surface area contributed by atoms with Gasteiger partial charge in [0.25, 0.3) is 0 Å². The topological polar surface area (TPSA) is 108 Å². The first-order chi connectivity index (χ1) is 30.9. The Labute approximate surface area is 371 Å². The molecular weight excluding hydrogens is 787 g/mol. The molecule has 0 unspecified atom stereocenters. The second-order valence-corrected chi connectivity index (χ2v) is 15.2. The van der Waals surface area contributed by atoms with Gasteiger partial charge in [-0.25, -0.2) is 9.59 Å². The van der Waals surface area contributed by atoms with Crippen molar-refractivity contribution in [1.29, 1.82) is 0 Å². The number of benzene rings is 6. The zero-order valence-corrected chi connectivity index (χ0v) is 36.3. The fourth-order valence-electron chi connectivity index (χ4n) is 6.47. The van der Waals surface area contributed by atoms with E-state index in [1.807, 2.05) is 72.8 Å². The molecule has 0 fully saturated rings. The number of aliphatic imine (C=N–C) groups is 2. The molecule has 0 aliphatic rings. The molecule has 6 rings (SSSR count). The summed E-state index contributed by atoms with van der Waals surface area (Å²) in [5, 5.41) is 3.41. The van der Waals surface area contributed by atoms with Crippen LogP contribution >= 0.6 is 0 Å². The molecule has 0 saturated carbocycles. The minimum atomic E-state index is -0.422. The molecule has 9 heteroatoms. The number of unbranched alkanes of at least 4 members (excludes halogenated alkanes) is 8. The second kappa shape index (κ2) is 25.1. The number of esters is 2. The van der Waals surface area contributed by atoms with Gasteiger partial charge in [-0.3, -0.25) is 9.98 Å². The summed E-state index contributed by atoms with van der Waals surface area (Å²) < 4.78 is 22.8. The average molecular weight is 844 g/mol. The highest BCUT2D eigenvalue weighted by molar-refractivity contribution is 5.92. The van der Waals surface area contributed by atoms with E-state index < -0.39 is 11.9 Å². The van der Waals surface area contributed by atoms with Crippen molar-refractivity contribution >= 4 is 47.1 Å². The predicted molar refractivity (Wildman–Crippen MR) is 255 cm³/mol. The first-order valence-electron chi connectivity index (χ1n) is 22.1. The molecule has 0 radical (unpaired) electrons. The predicted octanol–water partition coefficient (Wildman–Crippen LogP) is 14.1. The summed E-state index contributed by atoms with van der Waals surface area (Å²) in [5.41, 5.74) is 6.13. The minimum Gasteiger partial charge on any atom is -0.494 e. The Morgan fingerprint density at radius 2 is 0.778 bits per heavy atom. The number of anilines is 2. The quantitative estimate of drug-likeness (QED) is 0.0280. The lowest BCUT2D eigenvalue weighted by Gasteiger charge is -2.08. The van der Waals surface area contributed by atoms with Crippen molar-refractivity contribution in [3.63, 3.8) is 0 Å². The molecule has 9 nitrogen and oxygen atoms in total. The van der Waals surface area contributed by atoms with Crippen molar-refractivity contribution in [3.05, 3.63) is 168 Å². The van der Waals surface area contributed by atoms with Crippen molar-refractivity contribution in [2.75, 3.05) is 18.5 Å². The van der Waals surface area contributed by atoms with Crippen LogP contribution in [0.1, 0.15) is 110 Å². The van der Waals surface area contributed by atoms with Gasteiger partial charge in [-0.15, -0.1) is 0 Å². The molecule has 0 saturated heterocycles. The minimum absolute atomic E-state index is 0.422. The lowest BCUT2D eigenvalue weighted by atomic mass is 10.2. The van der Waals surface area contributed by atoms with Gasteiger partial charge >= 0.3 is 11.9 Å². The van der Waals surface area contributed by atoms with Crippen LogP contribution in [0.15, 0.2) is 156 Å². The Balaban J connectivity index is 0.897. The Hall–Kier alpha value is -7.00. The largest absolute Gasteiger partial charge is 0.494 e. The van der Waals surface area contributed by atoms with Crippen LogP contribution in [-0.2, 0) is 0 Å². The molecule has 0 bridgehead atoms. The van der Waals surface area contributed by atoms with Gasteiger partial charge < -0.3 is 24.3 Å². The maximum Gasteiger partial charge on any atom is 0.343 e. The number of carbonyl (C=O) groups excluding carboxylic acids is 2. The average Bonchev–Trinajstić information content (AvgIpc) is 3.32. The van der Waals surface area contributed by atoms with E-state index in [0.29, 0.717) is 35.8 Å². The first kappa shape index (κ1) is 45.5. The van der Waals surface area contributed by atoms with E-state index >= 15 is 0 Å². The van der Waals surface area contributed by atoms with E-state index in [4.69, 9.17) is 18.9 Å². The second-order valence-electron chi connectivity index (χ2n) is 15.2. The summed E-state index contributed by atoms with van der Waals surface area (Å²) >= 11 is 0. The highest BCUT2D eigenvalue weighted by Gasteiger charge is 2.11. The maximum absolute atomic E-state index is 12.7. The summed E-state index contributed by atoms with van der Waals surface area (Å²) in [6.45, 7) is 5.76. The van der Waals surface area contributed by atoms with Gasteiger partial charge in [0.15, 0.2) is 0 Å². The lowest BCUT2D eigenvalue weighted by molar-refractivity contribution is 0.0725. The number of carbonyl (C=O) groups is 2. The number of hydrogen-bond acceptors (Lipinski definition) is 9. The third-order valence-electron chi connectivity index (χ3n) is 10.1. The van der Waals surface area contributed by atoms with Crippen LogP contribution in [0.3, 0.4) is 0 Å². The van der Waals surface area contributed by atoms with Gasteiger partial charge in [-0.1, -0.05) is 65.2 Å². The summed E-state index contributed by atoms with van der Waals surface area (Å²) in [5.74, 6) is 1.57. The van der Waals surface area contributed by atoms with Gasteiger partial charge in [0, 0.05) is 23.8 Å². The Bertz CT molecular complexity index is 2170. The first-order valence-corrected chi connectivity index (χ1v) is 22.1. The monoisotopic (exact) mass is 843 g/mol. The van der Waals surface area contributed by atoms with E-state index in [2.05, 4.69) is 29.1 Å². The SMILES string of the molecule is CCCCCCCOc1ccc(C(=O)Oc2ccc(C=Nc3ccc(Nc4ccc(N=Cc5ccc(OC(=O)c6ccc(OCCCCCCC)cc6)cc5)cc4)cc3)cc2)cc1. The summed E-state index contributed by atoms with van der Waals surface area (Å²) in [4.78, 5) is 34.6.